The molecule has 1 aliphatic carbocycles. The third kappa shape index (κ3) is 3.97. The number of nitrogens with two attached hydrogens (primary N) is 2. The number of anilines is 2. The second-order valence-corrected chi connectivity index (χ2v) is 6.63. The number of aryl methyl sites for hydroxylation is 1. The van der Waals surface area contributed by atoms with Gasteiger partial charge in [-0.05, 0) is 49.3 Å². The zero-order valence-electron chi connectivity index (χ0n) is 15.3. The van der Waals surface area contributed by atoms with Gasteiger partial charge in [0.15, 0.2) is 0 Å². The van der Waals surface area contributed by atoms with Crippen LogP contribution in [0.3, 0.4) is 0 Å². The number of alkyl halides is 1. The Labute approximate surface area is 156 Å². The Morgan fingerprint density at radius 1 is 1.41 bits per heavy atom. The Kier molecular flexibility index (Phi) is 4.94. The number of halogens is 1. The first kappa shape index (κ1) is 18.6. The number of rotatable bonds is 4. The highest BCUT2D eigenvalue weighted by molar-refractivity contribution is 5.85. The van der Waals surface area contributed by atoms with E-state index < -0.39 is 12.1 Å². The lowest BCUT2D eigenvalue weighted by Crippen LogP contribution is -2.31. The number of hydrogen-bond donors (Lipinski definition) is 3. The highest BCUT2D eigenvalue weighted by Crippen LogP contribution is 2.33. The molecule has 2 atom stereocenters. The van der Waals surface area contributed by atoms with Gasteiger partial charge in [-0.15, -0.1) is 0 Å². The Hall–Kier alpha value is -3.22. The fourth-order valence-corrected chi connectivity index (χ4v) is 2.92. The van der Waals surface area contributed by atoms with Crippen LogP contribution in [0.2, 0.25) is 0 Å². The second kappa shape index (κ2) is 7.19. The van der Waals surface area contributed by atoms with E-state index in [1.54, 1.807) is 18.3 Å². The van der Waals surface area contributed by atoms with Crippen molar-refractivity contribution < 1.29 is 9.18 Å². The van der Waals surface area contributed by atoms with Gasteiger partial charge < -0.3 is 16.8 Å². The summed E-state index contributed by atoms with van der Waals surface area (Å²) in [5.74, 6) is -0.153. The summed E-state index contributed by atoms with van der Waals surface area (Å²) < 4.78 is 13.0. The molecule has 3 rings (SSSR count). The third-order valence-corrected chi connectivity index (χ3v) is 4.48. The van der Waals surface area contributed by atoms with Gasteiger partial charge in [0.1, 0.15) is 17.8 Å². The molecule has 0 spiro atoms. The topological polar surface area (TPSA) is 107 Å². The number of allylic oxidation sites excluding steroid dienone is 1. The number of carbonyl (C=O) groups is 1. The Bertz CT molecular complexity index is 1050. The van der Waals surface area contributed by atoms with Crippen molar-refractivity contribution in [2.45, 2.75) is 26.4 Å². The molecule has 0 saturated heterocycles. The predicted molar refractivity (Wildman–Crippen MR) is 105 cm³/mol. The van der Waals surface area contributed by atoms with Crippen molar-refractivity contribution in [1.29, 1.82) is 0 Å². The average Bonchev–Trinajstić information content (AvgIpc) is 3.31. The SMILES string of the molecule is C=C(/C=c1/cc(-c2cnc(N)cc2C)nc(N)/c1=C/C)NC(=O)C1CC1F. The van der Waals surface area contributed by atoms with Crippen molar-refractivity contribution in [1.82, 2.24) is 15.3 Å². The lowest BCUT2D eigenvalue weighted by atomic mass is 10.1. The number of pyridine rings is 2. The molecule has 5 N–H and O–H groups in total. The van der Waals surface area contributed by atoms with E-state index in [-0.39, 0.29) is 12.3 Å². The molecule has 1 amide bonds. The van der Waals surface area contributed by atoms with Crippen LogP contribution in [-0.2, 0) is 4.79 Å². The van der Waals surface area contributed by atoms with E-state index in [0.29, 0.717) is 23.0 Å². The van der Waals surface area contributed by atoms with Crippen LogP contribution in [0.25, 0.3) is 23.4 Å². The minimum atomic E-state index is -1.05. The smallest absolute Gasteiger partial charge is 0.230 e. The Morgan fingerprint density at radius 2 is 2.11 bits per heavy atom. The fraction of sp³-hybridized carbons (Fsp3) is 0.250. The fourth-order valence-electron chi connectivity index (χ4n) is 2.92. The van der Waals surface area contributed by atoms with Gasteiger partial charge in [0.05, 0.1) is 11.6 Å². The number of hydrogen-bond acceptors (Lipinski definition) is 5. The number of nitrogen functional groups attached to an aromatic ring is 2. The molecule has 7 heteroatoms. The van der Waals surface area contributed by atoms with Crippen molar-refractivity contribution in [3.63, 3.8) is 0 Å². The second-order valence-electron chi connectivity index (χ2n) is 6.63. The number of carbonyl (C=O) groups excluding carboxylic acids is 1. The first-order valence-corrected chi connectivity index (χ1v) is 8.61. The van der Waals surface area contributed by atoms with E-state index in [0.717, 1.165) is 21.6 Å². The van der Waals surface area contributed by atoms with Gasteiger partial charge in [-0.2, -0.15) is 0 Å². The van der Waals surface area contributed by atoms with Gasteiger partial charge in [-0.25, -0.2) is 14.4 Å². The van der Waals surface area contributed by atoms with Crippen molar-refractivity contribution in [2.24, 2.45) is 5.92 Å². The number of nitrogens with zero attached hydrogens (tertiary/aromatic N) is 2. The van der Waals surface area contributed by atoms with E-state index in [1.807, 2.05) is 26.0 Å². The van der Waals surface area contributed by atoms with Gasteiger partial charge in [-0.1, -0.05) is 12.7 Å². The minimum Gasteiger partial charge on any atom is -0.384 e. The molecule has 0 aliphatic heterocycles. The van der Waals surface area contributed by atoms with Crippen LogP contribution in [0.15, 0.2) is 30.6 Å². The monoisotopic (exact) mass is 367 g/mol. The molecule has 6 nitrogen and oxygen atoms in total. The van der Waals surface area contributed by atoms with Gasteiger partial charge in [0, 0.05) is 22.7 Å². The van der Waals surface area contributed by atoms with Crippen LogP contribution >= 0.6 is 0 Å². The zero-order chi connectivity index (χ0) is 19.7. The molecule has 2 heterocycles. The molecule has 1 fully saturated rings. The molecule has 140 valence electrons. The maximum atomic E-state index is 13.0. The van der Waals surface area contributed by atoms with E-state index >= 15 is 0 Å². The zero-order valence-corrected chi connectivity index (χ0v) is 15.3. The molecule has 27 heavy (non-hydrogen) atoms. The van der Waals surface area contributed by atoms with Crippen LogP contribution in [0.5, 0.6) is 0 Å². The lowest BCUT2D eigenvalue weighted by molar-refractivity contribution is -0.121. The third-order valence-electron chi connectivity index (χ3n) is 4.48. The largest absolute Gasteiger partial charge is 0.384 e. The number of aromatic nitrogens is 2. The minimum absolute atomic E-state index is 0.267. The molecule has 2 aromatic rings. The molecule has 0 aromatic carbocycles. The summed E-state index contributed by atoms with van der Waals surface area (Å²) in [7, 11) is 0. The Morgan fingerprint density at radius 3 is 2.70 bits per heavy atom. The van der Waals surface area contributed by atoms with Crippen LogP contribution in [0.4, 0.5) is 16.0 Å². The van der Waals surface area contributed by atoms with Gasteiger partial charge in [0.25, 0.3) is 0 Å². The van der Waals surface area contributed by atoms with Gasteiger partial charge in [0.2, 0.25) is 5.91 Å². The van der Waals surface area contributed by atoms with Crippen LogP contribution < -0.4 is 27.2 Å². The summed E-state index contributed by atoms with van der Waals surface area (Å²) in [5.41, 5.74) is 14.6. The Balaban J connectivity index is 2.02. The van der Waals surface area contributed by atoms with Crippen molar-refractivity contribution in [3.05, 3.63) is 46.6 Å². The molecule has 2 unspecified atom stereocenters. The average molecular weight is 367 g/mol. The predicted octanol–water partition coefficient (Wildman–Crippen LogP) is 1.19. The molecular formula is C20H22FN5O. The summed E-state index contributed by atoms with van der Waals surface area (Å²) >= 11 is 0. The number of amides is 1. The summed E-state index contributed by atoms with van der Waals surface area (Å²) in [4.78, 5) is 20.5. The summed E-state index contributed by atoms with van der Waals surface area (Å²) in [5, 5.41) is 4.11. The van der Waals surface area contributed by atoms with Crippen molar-refractivity contribution in [3.8, 4) is 11.3 Å². The standard InChI is InChI=1S/C20H22FN5O/c1-4-13-12(6-11(3)25-20(27)14-8-16(14)21)7-17(26-19(13)23)15-9-24-18(22)5-10(15)2/h4-7,9,14,16H,3,8H2,1-2H3,(H2,22,24)(H2,23,26)(H,25,27)/b12-6-,13-4+. The molecule has 0 radical (unpaired) electrons. The van der Waals surface area contributed by atoms with Gasteiger partial charge in [-0.3, -0.25) is 4.79 Å². The molecule has 1 aliphatic rings. The lowest BCUT2D eigenvalue weighted by Gasteiger charge is -2.08. The summed E-state index contributed by atoms with van der Waals surface area (Å²) in [6, 6.07) is 3.61. The van der Waals surface area contributed by atoms with Gasteiger partial charge >= 0.3 is 0 Å². The molecular weight excluding hydrogens is 345 g/mol. The summed E-state index contributed by atoms with van der Waals surface area (Å²) in [6.45, 7) is 7.61. The first-order valence-electron chi connectivity index (χ1n) is 8.61. The van der Waals surface area contributed by atoms with Crippen LogP contribution in [0.1, 0.15) is 18.9 Å². The van der Waals surface area contributed by atoms with Crippen molar-refractivity contribution in [2.75, 3.05) is 11.5 Å². The molecule has 2 aromatic heterocycles. The van der Waals surface area contributed by atoms with E-state index in [2.05, 4.69) is 21.9 Å². The summed E-state index contributed by atoms with van der Waals surface area (Å²) in [6.07, 6.45) is 4.39. The van der Waals surface area contributed by atoms with E-state index in [1.165, 1.54) is 0 Å². The normalized spacial score (nSPS) is 19.8. The maximum absolute atomic E-state index is 13.0. The highest BCUT2D eigenvalue weighted by Gasteiger charge is 2.43. The first-order chi connectivity index (χ1) is 12.8. The highest BCUT2D eigenvalue weighted by atomic mass is 19.1. The van der Waals surface area contributed by atoms with Crippen LogP contribution in [0, 0.1) is 12.8 Å². The van der Waals surface area contributed by atoms with Crippen LogP contribution in [-0.4, -0.2) is 22.0 Å². The van der Waals surface area contributed by atoms with Crippen molar-refractivity contribution >= 4 is 29.7 Å². The quantitative estimate of drug-likeness (QED) is 0.752. The molecule has 1 saturated carbocycles. The van der Waals surface area contributed by atoms with E-state index in [4.69, 9.17) is 11.5 Å². The van der Waals surface area contributed by atoms with E-state index in [9.17, 15) is 9.18 Å². The molecule has 0 bridgehead atoms. The number of nitrogens with one attached hydrogen (secondary N) is 1. The maximum Gasteiger partial charge on any atom is 0.230 e.